The highest BCUT2D eigenvalue weighted by atomic mass is 79.9. The van der Waals surface area contributed by atoms with Crippen molar-refractivity contribution in [1.82, 2.24) is 0 Å². The summed E-state index contributed by atoms with van der Waals surface area (Å²) < 4.78 is 24.3. The Morgan fingerprint density at radius 3 is 2.71 bits per heavy atom. The van der Waals surface area contributed by atoms with Gasteiger partial charge in [0.05, 0.1) is 17.7 Å². The number of nitro groups is 1. The van der Waals surface area contributed by atoms with Crippen LogP contribution in [-0.2, 0) is 4.79 Å². The molecule has 24 heavy (non-hydrogen) atoms. The van der Waals surface area contributed by atoms with Gasteiger partial charge in [0.1, 0.15) is 11.6 Å². The van der Waals surface area contributed by atoms with Crippen LogP contribution in [0.5, 0.6) is 11.5 Å². The van der Waals surface area contributed by atoms with Gasteiger partial charge in [-0.05, 0) is 24.3 Å². The molecule has 126 valence electrons. The quantitative estimate of drug-likeness (QED) is 0.593. The van der Waals surface area contributed by atoms with Crippen molar-refractivity contribution in [3.05, 3.63) is 56.8 Å². The standard InChI is InChI=1S/C15H12BrFN2O5/c1-23-14-7-10(3-5-13(14)19(21)22)24-8-15(20)18-12-4-2-9(16)6-11(12)17/h2-7H,8H2,1H3,(H,18,20). The summed E-state index contributed by atoms with van der Waals surface area (Å²) in [6.07, 6.45) is 0. The number of nitro benzene ring substituents is 1. The molecular formula is C15H12BrFN2O5. The highest BCUT2D eigenvalue weighted by Gasteiger charge is 2.16. The van der Waals surface area contributed by atoms with Gasteiger partial charge in [0.15, 0.2) is 6.61 Å². The topological polar surface area (TPSA) is 90.7 Å². The number of ether oxygens (including phenoxy) is 2. The summed E-state index contributed by atoms with van der Waals surface area (Å²) in [5.74, 6) is -0.941. The summed E-state index contributed by atoms with van der Waals surface area (Å²) in [7, 11) is 1.29. The average Bonchev–Trinajstić information content (AvgIpc) is 2.55. The maximum atomic E-state index is 13.6. The first kappa shape index (κ1) is 17.7. The Balaban J connectivity index is 2.00. The van der Waals surface area contributed by atoms with Gasteiger partial charge in [-0.25, -0.2) is 4.39 Å². The minimum atomic E-state index is -0.592. The lowest BCUT2D eigenvalue weighted by atomic mass is 10.3. The van der Waals surface area contributed by atoms with Crippen molar-refractivity contribution in [3.63, 3.8) is 0 Å². The van der Waals surface area contributed by atoms with Crippen LogP contribution in [0.1, 0.15) is 0 Å². The number of hydrogen-bond donors (Lipinski definition) is 1. The third kappa shape index (κ3) is 4.42. The van der Waals surface area contributed by atoms with Gasteiger partial charge in [-0.15, -0.1) is 0 Å². The molecule has 2 aromatic rings. The van der Waals surface area contributed by atoms with Gasteiger partial charge in [0.25, 0.3) is 5.91 Å². The van der Waals surface area contributed by atoms with Gasteiger partial charge in [0, 0.05) is 16.6 Å². The number of rotatable bonds is 6. The zero-order chi connectivity index (χ0) is 17.7. The number of benzene rings is 2. The highest BCUT2D eigenvalue weighted by Crippen LogP contribution is 2.30. The van der Waals surface area contributed by atoms with Crippen molar-refractivity contribution >= 4 is 33.2 Å². The molecule has 1 amide bonds. The SMILES string of the molecule is COc1cc(OCC(=O)Nc2ccc(Br)cc2F)ccc1[N+](=O)[O-]. The number of nitrogens with zero attached hydrogens (tertiary/aromatic N) is 1. The number of hydrogen-bond acceptors (Lipinski definition) is 5. The van der Waals surface area contributed by atoms with Crippen LogP contribution in [0.15, 0.2) is 40.9 Å². The van der Waals surface area contributed by atoms with Crippen LogP contribution in [0.2, 0.25) is 0 Å². The number of carbonyl (C=O) groups is 1. The number of nitrogens with one attached hydrogen (secondary N) is 1. The van der Waals surface area contributed by atoms with E-state index in [1.165, 1.54) is 37.4 Å². The maximum Gasteiger partial charge on any atom is 0.311 e. The number of amides is 1. The van der Waals surface area contributed by atoms with Crippen molar-refractivity contribution in [3.8, 4) is 11.5 Å². The van der Waals surface area contributed by atoms with Crippen molar-refractivity contribution in [1.29, 1.82) is 0 Å². The molecule has 0 aliphatic carbocycles. The van der Waals surface area contributed by atoms with Crippen LogP contribution >= 0.6 is 15.9 Å². The van der Waals surface area contributed by atoms with Gasteiger partial charge >= 0.3 is 5.69 Å². The van der Waals surface area contributed by atoms with E-state index in [1.807, 2.05) is 0 Å². The Morgan fingerprint density at radius 2 is 2.08 bits per heavy atom. The molecule has 9 heteroatoms. The van der Waals surface area contributed by atoms with E-state index in [-0.39, 0.29) is 22.9 Å². The molecule has 0 spiro atoms. The molecule has 0 bridgehead atoms. The molecule has 0 saturated heterocycles. The van der Waals surface area contributed by atoms with E-state index in [0.717, 1.165) is 0 Å². The second-order valence-corrected chi connectivity index (χ2v) is 5.47. The van der Waals surface area contributed by atoms with E-state index < -0.39 is 23.3 Å². The monoisotopic (exact) mass is 398 g/mol. The normalized spacial score (nSPS) is 10.1. The lowest BCUT2D eigenvalue weighted by Crippen LogP contribution is -2.20. The van der Waals surface area contributed by atoms with E-state index in [0.29, 0.717) is 4.47 Å². The molecule has 0 aliphatic heterocycles. The first-order valence-electron chi connectivity index (χ1n) is 6.61. The molecule has 2 rings (SSSR count). The van der Waals surface area contributed by atoms with Gasteiger partial charge in [-0.2, -0.15) is 0 Å². The van der Waals surface area contributed by atoms with E-state index in [1.54, 1.807) is 6.07 Å². The Hall–Kier alpha value is -2.68. The summed E-state index contributed by atoms with van der Waals surface area (Å²) in [4.78, 5) is 22.0. The fourth-order valence-corrected chi connectivity index (χ4v) is 2.16. The predicted molar refractivity (Wildman–Crippen MR) is 87.9 cm³/mol. The van der Waals surface area contributed by atoms with Crippen molar-refractivity contribution in [2.24, 2.45) is 0 Å². The van der Waals surface area contributed by atoms with Gasteiger partial charge in [0.2, 0.25) is 5.75 Å². The smallest absolute Gasteiger partial charge is 0.311 e. The molecule has 0 aliphatic rings. The summed E-state index contributed by atoms with van der Waals surface area (Å²) in [5, 5.41) is 13.2. The molecule has 7 nitrogen and oxygen atoms in total. The Morgan fingerprint density at radius 1 is 1.33 bits per heavy atom. The molecule has 1 N–H and O–H groups in total. The summed E-state index contributed by atoms with van der Waals surface area (Å²) in [5.41, 5.74) is -0.195. The molecule has 0 aromatic heterocycles. The second kappa shape index (κ2) is 7.73. The van der Waals surface area contributed by atoms with E-state index in [4.69, 9.17) is 9.47 Å². The van der Waals surface area contributed by atoms with Gasteiger partial charge in [-0.1, -0.05) is 15.9 Å². The zero-order valence-electron chi connectivity index (χ0n) is 12.4. The Kier molecular flexibility index (Phi) is 5.69. The molecule has 0 unspecified atom stereocenters. The van der Waals surface area contributed by atoms with Crippen molar-refractivity contribution < 1.29 is 23.6 Å². The number of carbonyl (C=O) groups excluding carboxylic acids is 1. The molecule has 0 heterocycles. The lowest BCUT2D eigenvalue weighted by Gasteiger charge is -2.09. The fraction of sp³-hybridized carbons (Fsp3) is 0.133. The van der Waals surface area contributed by atoms with Crippen LogP contribution in [0.3, 0.4) is 0 Å². The minimum Gasteiger partial charge on any atom is -0.490 e. The lowest BCUT2D eigenvalue weighted by molar-refractivity contribution is -0.385. The second-order valence-electron chi connectivity index (χ2n) is 4.55. The molecule has 0 radical (unpaired) electrons. The highest BCUT2D eigenvalue weighted by molar-refractivity contribution is 9.10. The number of methoxy groups -OCH3 is 1. The van der Waals surface area contributed by atoms with E-state index in [9.17, 15) is 19.3 Å². The first-order valence-corrected chi connectivity index (χ1v) is 7.40. The molecular weight excluding hydrogens is 387 g/mol. The minimum absolute atomic E-state index is 0.0110. The van der Waals surface area contributed by atoms with Gasteiger partial charge < -0.3 is 14.8 Å². The number of anilines is 1. The van der Waals surface area contributed by atoms with Crippen LogP contribution in [0, 0.1) is 15.9 Å². The molecule has 0 fully saturated rings. The van der Waals surface area contributed by atoms with Gasteiger partial charge in [-0.3, -0.25) is 14.9 Å². The Bertz CT molecular complexity index is 784. The number of halogens is 2. The fourth-order valence-electron chi connectivity index (χ4n) is 1.82. The van der Waals surface area contributed by atoms with Crippen molar-refractivity contribution in [2.75, 3.05) is 19.0 Å². The molecule has 0 atom stereocenters. The summed E-state index contributed by atoms with van der Waals surface area (Å²) >= 11 is 3.12. The van der Waals surface area contributed by atoms with Crippen LogP contribution in [-0.4, -0.2) is 24.5 Å². The van der Waals surface area contributed by atoms with Crippen LogP contribution < -0.4 is 14.8 Å². The Labute approximate surface area is 144 Å². The first-order chi connectivity index (χ1) is 11.4. The maximum absolute atomic E-state index is 13.6. The largest absolute Gasteiger partial charge is 0.490 e. The third-order valence-electron chi connectivity index (χ3n) is 2.92. The van der Waals surface area contributed by atoms with E-state index >= 15 is 0 Å². The van der Waals surface area contributed by atoms with Crippen LogP contribution in [0.25, 0.3) is 0 Å². The predicted octanol–water partition coefficient (Wildman–Crippen LogP) is 3.52. The van der Waals surface area contributed by atoms with Crippen molar-refractivity contribution in [2.45, 2.75) is 0 Å². The van der Waals surface area contributed by atoms with E-state index in [2.05, 4.69) is 21.2 Å². The van der Waals surface area contributed by atoms with Crippen LogP contribution in [0.4, 0.5) is 15.8 Å². The summed E-state index contributed by atoms with van der Waals surface area (Å²) in [6, 6.07) is 8.06. The molecule has 2 aromatic carbocycles. The average molecular weight is 399 g/mol. The summed E-state index contributed by atoms with van der Waals surface area (Å²) in [6.45, 7) is -0.392. The molecule has 0 saturated carbocycles. The third-order valence-corrected chi connectivity index (χ3v) is 3.42. The zero-order valence-corrected chi connectivity index (χ0v) is 14.0.